The summed E-state index contributed by atoms with van der Waals surface area (Å²) < 4.78 is 2.39. The van der Waals surface area contributed by atoms with Gasteiger partial charge in [0.15, 0.2) is 0 Å². The van der Waals surface area contributed by atoms with Crippen molar-refractivity contribution in [2.75, 3.05) is 4.90 Å². The minimum absolute atomic E-state index is 0.132. The van der Waals surface area contributed by atoms with Crippen molar-refractivity contribution >= 4 is 38.9 Å². The highest BCUT2D eigenvalue weighted by atomic mass is 15.1. The Labute approximate surface area is 386 Å². The zero-order valence-electron chi connectivity index (χ0n) is 37.0. The topological polar surface area (TPSA) is 8.17 Å². The van der Waals surface area contributed by atoms with Gasteiger partial charge >= 0.3 is 0 Å². The number of nitrogens with zero attached hydrogens (tertiary/aromatic N) is 2. The third-order valence-electron chi connectivity index (χ3n) is 14.7. The fraction of sp³-hybridized carbons (Fsp3) is 0.0625. The third-order valence-corrected chi connectivity index (χ3v) is 14.7. The van der Waals surface area contributed by atoms with E-state index in [0.717, 1.165) is 22.7 Å². The maximum absolute atomic E-state index is 2.46. The quantitative estimate of drug-likeness (QED) is 0.155. The number of hydrogen-bond donors (Lipinski definition) is 0. The van der Waals surface area contributed by atoms with Gasteiger partial charge in [-0.15, -0.1) is 0 Å². The molecule has 1 heterocycles. The van der Waals surface area contributed by atoms with Gasteiger partial charge in [-0.25, -0.2) is 0 Å². The summed E-state index contributed by atoms with van der Waals surface area (Å²) in [5.74, 6) is 0. The highest BCUT2D eigenvalue weighted by molar-refractivity contribution is 6.10. The number of para-hydroxylation sites is 2. The summed E-state index contributed by atoms with van der Waals surface area (Å²) >= 11 is 0. The summed E-state index contributed by atoms with van der Waals surface area (Å²) in [6.45, 7) is 4.73. The molecule has 1 aromatic heterocycles. The van der Waals surface area contributed by atoms with E-state index in [-0.39, 0.29) is 5.41 Å². The monoisotopic (exact) mass is 842 g/mol. The van der Waals surface area contributed by atoms with Gasteiger partial charge in [-0.1, -0.05) is 190 Å². The van der Waals surface area contributed by atoms with Crippen LogP contribution in [0, 0.1) is 0 Å². The molecule has 2 aliphatic rings. The molecule has 0 saturated heterocycles. The molecule has 0 aliphatic heterocycles. The fourth-order valence-electron chi connectivity index (χ4n) is 11.7. The van der Waals surface area contributed by atoms with E-state index in [4.69, 9.17) is 0 Å². The lowest BCUT2D eigenvalue weighted by molar-refractivity contribution is 0.660. The number of anilines is 3. The van der Waals surface area contributed by atoms with Gasteiger partial charge in [0.1, 0.15) is 0 Å². The number of hydrogen-bond acceptors (Lipinski definition) is 1. The first kappa shape index (κ1) is 38.3. The second kappa shape index (κ2) is 14.7. The Kier molecular flexibility index (Phi) is 8.51. The van der Waals surface area contributed by atoms with Crippen molar-refractivity contribution in [3.05, 3.63) is 276 Å². The van der Waals surface area contributed by atoms with Crippen molar-refractivity contribution in [2.45, 2.75) is 24.7 Å². The lowest BCUT2D eigenvalue weighted by Gasteiger charge is -2.34. The first-order valence-corrected chi connectivity index (χ1v) is 23.1. The van der Waals surface area contributed by atoms with E-state index in [1.807, 2.05) is 0 Å². The molecule has 2 heteroatoms. The molecule has 2 aliphatic carbocycles. The van der Waals surface area contributed by atoms with Crippen LogP contribution < -0.4 is 4.90 Å². The van der Waals surface area contributed by atoms with E-state index in [9.17, 15) is 0 Å². The molecule has 0 spiro atoms. The van der Waals surface area contributed by atoms with Crippen LogP contribution in [0.3, 0.4) is 0 Å². The predicted octanol–water partition coefficient (Wildman–Crippen LogP) is 16.6. The number of fused-ring (bicyclic) bond motifs is 9. The van der Waals surface area contributed by atoms with Crippen LogP contribution in [0.15, 0.2) is 243 Å². The summed E-state index contributed by atoms with van der Waals surface area (Å²) in [5, 5.41) is 2.46. The smallest absolute Gasteiger partial charge is 0.0713 e. The number of benzene rings is 10. The Bertz CT molecular complexity index is 3620. The molecule has 10 aromatic carbocycles. The molecular formula is C64H46N2. The lowest BCUT2D eigenvalue weighted by atomic mass is 9.67. The first-order chi connectivity index (χ1) is 32.5. The van der Waals surface area contributed by atoms with Crippen molar-refractivity contribution < 1.29 is 0 Å². The van der Waals surface area contributed by atoms with Crippen LogP contribution in [0.2, 0.25) is 0 Å². The molecule has 0 amide bonds. The largest absolute Gasteiger partial charge is 0.310 e. The number of rotatable bonds is 7. The molecular weight excluding hydrogens is 797 g/mol. The Morgan fingerprint density at radius 3 is 1.56 bits per heavy atom. The van der Waals surface area contributed by atoms with E-state index in [1.165, 1.54) is 88.6 Å². The van der Waals surface area contributed by atoms with Gasteiger partial charge in [-0.2, -0.15) is 0 Å². The van der Waals surface area contributed by atoms with E-state index in [0.29, 0.717) is 0 Å². The Morgan fingerprint density at radius 2 is 0.833 bits per heavy atom. The van der Waals surface area contributed by atoms with Crippen molar-refractivity contribution in [3.8, 4) is 39.1 Å². The second-order valence-corrected chi connectivity index (χ2v) is 18.5. The molecule has 2 nitrogen and oxygen atoms in total. The molecule has 0 saturated carbocycles. The Morgan fingerprint density at radius 1 is 0.333 bits per heavy atom. The van der Waals surface area contributed by atoms with Gasteiger partial charge in [0.05, 0.1) is 16.4 Å². The molecule has 312 valence electrons. The molecule has 0 radical (unpaired) electrons. The van der Waals surface area contributed by atoms with Gasteiger partial charge in [0, 0.05) is 38.9 Å². The van der Waals surface area contributed by atoms with Crippen molar-refractivity contribution in [1.29, 1.82) is 0 Å². The van der Waals surface area contributed by atoms with Crippen LogP contribution in [0.4, 0.5) is 17.1 Å². The Hall–Kier alpha value is -8.20. The number of aromatic nitrogens is 1. The zero-order chi connectivity index (χ0) is 44.0. The van der Waals surface area contributed by atoms with Gasteiger partial charge in [-0.3, -0.25) is 0 Å². The minimum atomic E-state index is -0.454. The molecule has 13 rings (SSSR count). The zero-order valence-corrected chi connectivity index (χ0v) is 37.0. The summed E-state index contributed by atoms with van der Waals surface area (Å²) in [4.78, 5) is 2.45. The minimum Gasteiger partial charge on any atom is -0.310 e. The van der Waals surface area contributed by atoms with Gasteiger partial charge < -0.3 is 9.47 Å². The van der Waals surface area contributed by atoms with E-state index in [1.54, 1.807) is 0 Å². The van der Waals surface area contributed by atoms with Crippen LogP contribution in [0.1, 0.15) is 47.2 Å². The first-order valence-electron chi connectivity index (χ1n) is 23.1. The van der Waals surface area contributed by atoms with Crippen molar-refractivity contribution in [3.63, 3.8) is 0 Å². The van der Waals surface area contributed by atoms with Gasteiger partial charge in [-0.05, 0) is 133 Å². The van der Waals surface area contributed by atoms with Gasteiger partial charge in [0.25, 0.3) is 0 Å². The highest BCUT2D eigenvalue weighted by Crippen LogP contribution is 2.57. The normalized spacial score (nSPS) is 13.8. The van der Waals surface area contributed by atoms with Crippen molar-refractivity contribution in [1.82, 2.24) is 4.57 Å². The van der Waals surface area contributed by atoms with E-state index < -0.39 is 5.41 Å². The molecule has 0 atom stereocenters. The predicted molar refractivity (Wildman–Crippen MR) is 276 cm³/mol. The van der Waals surface area contributed by atoms with Crippen LogP contribution >= 0.6 is 0 Å². The molecule has 0 N–H and O–H groups in total. The standard InChI is InChI=1S/C64H46N2/c1-63(2)57-27-15-12-24-51(57)53-38-35-50(42-59(53)63)65(49-36-39-62-56(41-49)55-26-14-17-29-61(55)66(62)47-22-10-5-11-23-47)48-33-30-43(31-34-48)44-32-37-54-52-25-13-16-28-58(52)64(60(54)40-44,45-18-6-3-7-19-45)46-20-8-4-9-21-46/h3-42H,1-2H3. The van der Waals surface area contributed by atoms with E-state index >= 15 is 0 Å². The maximum Gasteiger partial charge on any atom is 0.0713 e. The van der Waals surface area contributed by atoms with Crippen LogP contribution in [0.5, 0.6) is 0 Å². The molecule has 11 aromatic rings. The summed E-state index contributed by atoms with van der Waals surface area (Å²) in [7, 11) is 0. The molecule has 0 bridgehead atoms. The maximum atomic E-state index is 2.46. The summed E-state index contributed by atoms with van der Waals surface area (Å²) in [6.07, 6.45) is 0. The third kappa shape index (κ3) is 5.55. The van der Waals surface area contributed by atoms with Crippen LogP contribution in [-0.2, 0) is 10.8 Å². The SMILES string of the molecule is CC1(C)c2ccccc2-c2ccc(N(c3ccc(-c4ccc5c(c4)C(c4ccccc4)(c4ccccc4)c4ccccc4-5)cc3)c3ccc4c(c3)c3ccccc3n4-c3ccccc3)cc21. The fourth-order valence-corrected chi connectivity index (χ4v) is 11.7. The molecule has 66 heavy (non-hydrogen) atoms. The van der Waals surface area contributed by atoms with E-state index in [2.05, 4.69) is 266 Å². The van der Waals surface area contributed by atoms with Gasteiger partial charge in [0.2, 0.25) is 0 Å². The van der Waals surface area contributed by atoms with Crippen LogP contribution in [0.25, 0.3) is 60.9 Å². The lowest BCUT2D eigenvalue weighted by Crippen LogP contribution is -2.28. The second-order valence-electron chi connectivity index (χ2n) is 18.5. The summed E-state index contributed by atoms with van der Waals surface area (Å²) in [6, 6.07) is 90.0. The molecule has 0 unspecified atom stereocenters. The average molecular weight is 843 g/mol. The van der Waals surface area contributed by atoms with Crippen molar-refractivity contribution in [2.24, 2.45) is 0 Å². The highest BCUT2D eigenvalue weighted by Gasteiger charge is 2.46. The Balaban J connectivity index is 0.974. The summed E-state index contributed by atoms with van der Waals surface area (Å²) in [5.41, 5.74) is 21.8. The average Bonchev–Trinajstić information content (AvgIpc) is 3.96. The van der Waals surface area contributed by atoms with Crippen LogP contribution in [-0.4, -0.2) is 4.57 Å². The molecule has 0 fully saturated rings.